The first-order chi connectivity index (χ1) is 18.3. The maximum absolute atomic E-state index is 13.5. The van der Waals surface area contributed by atoms with Gasteiger partial charge in [-0.15, -0.1) is 0 Å². The number of nitrogens with one attached hydrogen (secondary N) is 1. The van der Waals surface area contributed by atoms with Gasteiger partial charge in [-0.05, 0) is 31.5 Å². The Morgan fingerprint density at radius 1 is 0.895 bits per heavy atom. The number of fused-ring (bicyclic) bond motifs is 1. The Hall–Kier alpha value is -5.00. The number of imide groups is 1. The summed E-state index contributed by atoms with van der Waals surface area (Å²) in [7, 11) is 0. The van der Waals surface area contributed by atoms with E-state index in [1.54, 1.807) is 0 Å². The fraction of sp³-hybridized carbons (Fsp3) is 0.231. The van der Waals surface area contributed by atoms with Crippen molar-refractivity contribution in [2.75, 3.05) is 18.9 Å². The molecular formula is C26H25N5O7. The highest BCUT2D eigenvalue weighted by Crippen LogP contribution is 2.31. The van der Waals surface area contributed by atoms with Crippen LogP contribution in [0.1, 0.15) is 50.6 Å². The standard InChI is InChI=1S/C26H25N5O7/c1-3-37-24(35)26(25(36)38-4-2,31-22(33)17-12-8-9-13-18(17)23(31)34)29-21(32)19-20(27)30(15-28-19)14-16-10-6-5-7-11-16/h5-13,15H,3-4,14,27H2,1-2H3,(H,29,32). The Kier molecular flexibility index (Phi) is 7.24. The third-order valence-electron chi connectivity index (χ3n) is 5.85. The summed E-state index contributed by atoms with van der Waals surface area (Å²) in [6.07, 6.45) is 1.32. The van der Waals surface area contributed by atoms with Crippen LogP contribution in [0.15, 0.2) is 60.9 Å². The number of hydrogen-bond acceptors (Lipinski definition) is 9. The van der Waals surface area contributed by atoms with Gasteiger partial charge in [0.2, 0.25) is 0 Å². The molecule has 1 aliphatic heterocycles. The lowest BCUT2D eigenvalue weighted by Gasteiger charge is -2.35. The lowest BCUT2D eigenvalue weighted by Crippen LogP contribution is -2.72. The van der Waals surface area contributed by atoms with Crippen LogP contribution in [0, 0.1) is 0 Å². The summed E-state index contributed by atoms with van der Waals surface area (Å²) in [6, 6.07) is 15.0. The summed E-state index contributed by atoms with van der Waals surface area (Å²) >= 11 is 0. The van der Waals surface area contributed by atoms with Crippen molar-refractivity contribution in [3.05, 3.63) is 83.3 Å². The highest BCUT2D eigenvalue weighted by molar-refractivity contribution is 6.27. The van der Waals surface area contributed by atoms with E-state index in [2.05, 4.69) is 10.3 Å². The third kappa shape index (κ3) is 4.36. The Labute approximate surface area is 217 Å². The Bertz CT molecular complexity index is 1360. The Morgan fingerprint density at radius 3 is 1.95 bits per heavy atom. The summed E-state index contributed by atoms with van der Waals surface area (Å²) in [5.74, 6) is -5.93. The number of nitrogens with zero attached hydrogens (tertiary/aromatic N) is 3. The fourth-order valence-corrected chi connectivity index (χ4v) is 4.09. The maximum atomic E-state index is 13.5. The maximum Gasteiger partial charge on any atom is 0.366 e. The van der Waals surface area contributed by atoms with Gasteiger partial charge in [-0.2, -0.15) is 0 Å². The van der Waals surface area contributed by atoms with Gasteiger partial charge in [0.1, 0.15) is 5.82 Å². The number of imidazole rings is 1. The molecule has 0 saturated heterocycles. The van der Waals surface area contributed by atoms with Gasteiger partial charge in [-0.25, -0.2) is 19.5 Å². The number of hydrogen-bond donors (Lipinski definition) is 2. The van der Waals surface area contributed by atoms with Crippen LogP contribution < -0.4 is 11.1 Å². The van der Waals surface area contributed by atoms with E-state index in [4.69, 9.17) is 15.2 Å². The molecule has 0 unspecified atom stereocenters. The third-order valence-corrected chi connectivity index (χ3v) is 5.85. The minimum atomic E-state index is -2.98. The van der Waals surface area contributed by atoms with E-state index < -0.39 is 35.3 Å². The van der Waals surface area contributed by atoms with Gasteiger partial charge in [0, 0.05) is 0 Å². The van der Waals surface area contributed by atoms with E-state index in [1.807, 2.05) is 30.3 Å². The lowest BCUT2D eigenvalue weighted by atomic mass is 10.1. The van der Waals surface area contributed by atoms with Gasteiger partial charge in [0.25, 0.3) is 17.7 Å². The monoisotopic (exact) mass is 519 g/mol. The zero-order chi connectivity index (χ0) is 27.4. The molecular weight excluding hydrogens is 494 g/mol. The van der Waals surface area contributed by atoms with E-state index in [0.29, 0.717) is 4.90 Å². The largest absolute Gasteiger partial charge is 0.462 e. The summed E-state index contributed by atoms with van der Waals surface area (Å²) in [5, 5.41) is 2.21. The van der Waals surface area contributed by atoms with Gasteiger partial charge < -0.3 is 25.1 Å². The van der Waals surface area contributed by atoms with Crippen LogP contribution in [0.2, 0.25) is 0 Å². The first-order valence-corrected chi connectivity index (χ1v) is 11.8. The molecule has 196 valence electrons. The number of esters is 2. The molecule has 0 bridgehead atoms. The number of nitrogen functional groups attached to an aromatic ring is 1. The molecule has 1 aromatic heterocycles. The van der Waals surface area contributed by atoms with E-state index in [9.17, 15) is 24.0 Å². The molecule has 3 aromatic rings. The summed E-state index contributed by atoms with van der Waals surface area (Å²) in [5.41, 5.74) is 3.62. The fourth-order valence-electron chi connectivity index (χ4n) is 4.09. The Morgan fingerprint density at radius 2 is 1.42 bits per heavy atom. The molecule has 0 atom stereocenters. The summed E-state index contributed by atoms with van der Waals surface area (Å²) < 4.78 is 11.6. The topological polar surface area (TPSA) is 163 Å². The second kappa shape index (κ2) is 10.5. The molecule has 3 amide bonds. The predicted octanol–water partition coefficient (Wildman–Crippen LogP) is 1.36. The van der Waals surface area contributed by atoms with Crippen molar-refractivity contribution < 1.29 is 33.4 Å². The van der Waals surface area contributed by atoms with Crippen LogP contribution in [0.5, 0.6) is 0 Å². The normalized spacial score (nSPS) is 12.7. The highest BCUT2D eigenvalue weighted by atomic mass is 16.6. The van der Waals surface area contributed by atoms with E-state index >= 15 is 0 Å². The second-order valence-electron chi connectivity index (χ2n) is 8.19. The second-order valence-corrected chi connectivity index (χ2v) is 8.19. The number of ether oxygens (including phenoxy) is 2. The van der Waals surface area contributed by atoms with Crippen molar-refractivity contribution in [1.29, 1.82) is 0 Å². The molecule has 0 saturated carbocycles. The van der Waals surface area contributed by atoms with Crippen LogP contribution in [-0.4, -0.2) is 63.0 Å². The number of aromatic nitrogens is 2. The van der Waals surface area contributed by atoms with Gasteiger partial charge in [0.15, 0.2) is 5.69 Å². The first kappa shape index (κ1) is 26.1. The molecule has 1 aliphatic rings. The van der Waals surface area contributed by atoms with Crippen LogP contribution in [0.3, 0.4) is 0 Å². The van der Waals surface area contributed by atoms with Crippen molar-refractivity contribution in [2.45, 2.75) is 26.1 Å². The minimum absolute atomic E-state index is 0.0589. The molecule has 0 spiro atoms. The van der Waals surface area contributed by atoms with E-state index in [0.717, 1.165) is 5.56 Å². The van der Waals surface area contributed by atoms with E-state index in [-0.39, 0.29) is 42.4 Å². The number of anilines is 1. The van der Waals surface area contributed by atoms with Crippen LogP contribution in [0.4, 0.5) is 5.82 Å². The molecule has 0 fully saturated rings. The lowest BCUT2D eigenvalue weighted by molar-refractivity contribution is -0.173. The van der Waals surface area contributed by atoms with Crippen LogP contribution in [-0.2, 0) is 25.6 Å². The molecule has 2 heterocycles. The van der Waals surface area contributed by atoms with Gasteiger partial charge in [-0.1, -0.05) is 42.5 Å². The van der Waals surface area contributed by atoms with Gasteiger partial charge in [-0.3, -0.25) is 14.4 Å². The van der Waals surface area contributed by atoms with Crippen molar-refractivity contribution in [3.8, 4) is 0 Å². The zero-order valence-corrected chi connectivity index (χ0v) is 20.7. The average molecular weight is 520 g/mol. The number of carbonyl (C=O) groups excluding carboxylic acids is 5. The SMILES string of the molecule is CCOC(=O)C(NC(=O)c1ncn(Cc2ccccc2)c1N)(C(=O)OCC)N1C(=O)c2ccccc2C1=O. The number of rotatable bonds is 9. The van der Waals surface area contributed by atoms with Gasteiger partial charge >= 0.3 is 17.6 Å². The first-order valence-electron chi connectivity index (χ1n) is 11.8. The smallest absolute Gasteiger partial charge is 0.366 e. The summed E-state index contributed by atoms with van der Waals surface area (Å²) in [6.45, 7) is 2.74. The van der Waals surface area contributed by atoms with Crippen LogP contribution in [0.25, 0.3) is 0 Å². The molecule has 12 nitrogen and oxygen atoms in total. The van der Waals surface area contributed by atoms with Crippen molar-refractivity contribution in [3.63, 3.8) is 0 Å². The number of benzene rings is 2. The van der Waals surface area contributed by atoms with Crippen molar-refractivity contribution >= 4 is 35.5 Å². The van der Waals surface area contributed by atoms with Crippen molar-refractivity contribution in [2.24, 2.45) is 0 Å². The van der Waals surface area contributed by atoms with E-state index in [1.165, 1.54) is 49.0 Å². The molecule has 0 aliphatic carbocycles. The zero-order valence-electron chi connectivity index (χ0n) is 20.7. The molecule has 4 rings (SSSR count). The quantitative estimate of drug-likeness (QED) is 0.241. The molecule has 3 N–H and O–H groups in total. The molecule has 12 heteroatoms. The molecule has 0 radical (unpaired) electrons. The number of nitrogens with two attached hydrogens (primary N) is 1. The minimum Gasteiger partial charge on any atom is -0.462 e. The summed E-state index contributed by atoms with van der Waals surface area (Å²) in [4.78, 5) is 71.3. The molecule has 38 heavy (non-hydrogen) atoms. The van der Waals surface area contributed by atoms with Crippen molar-refractivity contribution in [1.82, 2.24) is 19.8 Å². The number of amides is 3. The number of carbonyl (C=O) groups is 5. The molecule has 2 aromatic carbocycles. The van der Waals surface area contributed by atoms with Gasteiger partial charge in [0.05, 0.1) is 37.2 Å². The van der Waals surface area contributed by atoms with Crippen LogP contribution >= 0.6 is 0 Å². The average Bonchev–Trinajstić information content (AvgIpc) is 3.40. The Balaban J connectivity index is 1.78. The predicted molar refractivity (Wildman–Crippen MR) is 133 cm³/mol. The highest BCUT2D eigenvalue weighted by Gasteiger charge is 2.62.